The van der Waals surface area contributed by atoms with Crippen molar-refractivity contribution in [2.75, 3.05) is 6.61 Å². The van der Waals surface area contributed by atoms with Crippen LogP contribution in [0, 0.1) is 0 Å². The number of rotatable bonds is 4. The van der Waals surface area contributed by atoms with Crippen molar-refractivity contribution in [3.63, 3.8) is 0 Å². The summed E-state index contributed by atoms with van der Waals surface area (Å²) in [4.78, 5) is 11.5. The average molecular weight is 212 g/mol. The van der Waals surface area contributed by atoms with Gasteiger partial charge in [0.05, 0.1) is 12.7 Å². The maximum atomic E-state index is 11.5. The number of aliphatic hydroxyl groups excluding tert-OH is 1. The highest BCUT2D eigenvalue weighted by Gasteiger charge is 2.17. The molecule has 0 saturated carbocycles. The number of aromatic nitrogens is 2. The van der Waals surface area contributed by atoms with E-state index >= 15 is 0 Å². The quantitative estimate of drug-likeness (QED) is 0.739. The SMILES string of the molecule is CCOC(=O)c1nn(C)cc1CC(C)O. The van der Waals surface area contributed by atoms with Gasteiger partial charge in [-0.3, -0.25) is 4.68 Å². The normalized spacial score (nSPS) is 12.5. The van der Waals surface area contributed by atoms with E-state index in [1.165, 1.54) is 0 Å². The van der Waals surface area contributed by atoms with Crippen molar-refractivity contribution in [1.82, 2.24) is 9.78 Å². The lowest BCUT2D eigenvalue weighted by Crippen LogP contribution is -2.11. The molecule has 15 heavy (non-hydrogen) atoms. The zero-order chi connectivity index (χ0) is 11.4. The van der Waals surface area contributed by atoms with E-state index < -0.39 is 12.1 Å². The molecule has 84 valence electrons. The van der Waals surface area contributed by atoms with E-state index in [4.69, 9.17) is 4.74 Å². The number of aliphatic hydroxyl groups is 1. The number of esters is 1. The third-order valence-corrected chi connectivity index (χ3v) is 1.89. The van der Waals surface area contributed by atoms with E-state index in [1.807, 2.05) is 0 Å². The van der Waals surface area contributed by atoms with Crippen LogP contribution in [0.4, 0.5) is 0 Å². The van der Waals surface area contributed by atoms with Gasteiger partial charge in [-0.25, -0.2) is 4.79 Å². The van der Waals surface area contributed by atoms with Crippen LogP contribution in [0.3, 0.4) is 0 Å². The van der Waals surface area contributed by atoms with Crippen molar-refractivity contribution in [1.29, 1.82) is 0 Å². The van der Waals surface area contributed by atoms with Crippen LogP contribution >= 0.6 is 0 Å². The zero-order valence-electron chi connectivity index (χ0n) is 9.23. The molecule has 1 atom stereocenters. The first-order chi connectivity index (χ1) is 7.04. The lowest BCUT2D eigenvalue weighted by molar-refractivity contribution is 0.0516. The van der Waals surface area contributed by atoms with Gasteiger partial charge < -0.3 is 9.84 Å². The fourth-order valence-electron chi connectivity index (χ4n) is 1.38. The van der Waals surface area contributed by atoms with Crippen LogP contribution < -0.4 is 0 Å². The summed E-state index contributed by atoms with van der Waals surface area (Å²) in [6, 6.07) is 0. The van der Waals surface area contributed by atoms with Gasteiger partial charge in [0.15, 0.2) is 5.69 Å². The molecule has 0 aliphatic rings. The minimum Gasteiger partial charge on any atom is -0.461 e. The van der Waals surface area contributed by atoms with Gasteiger partial charge in [0.1, 0.15) is 0 Å². The van der Waals surface area contributed by atoms with E-state index in [9.17, 15) is 9.90 Å². The first kappa shape index (κ1) is 11.7. The summed E-state index contributed by atoms with van der Waals surface area (Å²) in [5.41, 5.74) is 1.01. The Morgan fingerprint density at radius 2 is 2.40 bits per heavy atom. The molecule has 0 bridgehead atoms. The molecule has 0 aliphatic carbocycles. The van der Waals surface area contributed by atoms with Gasteiger partial charge in [0.2, 0.25) is 0 Å². The molecule has 0 radical (unpaired) electrons. The van der Waals surface area contributed by atoms with Gasteiger partial charge in [-0.05, 0) is 13.8 Å². The fourth-order valence-corrected chi connectivity index (χ4v) is 1.38. The summed E-state index contributed by atoms with van der Waals surface area (Å²) in [6.07, 6.45) is 1.63. The molecule has 0 saturated heterocycles. The molecule has 0 aliphatic heterocycles. The number of carbonyl (C=O) groups is 1. The second-order valence-corrected chi connectivity index (χ2v) is 3.45. The molecular formula is C10H16N2O3. The van der Waals surface area contributed by atoms with Crippen LogP contribution in [-0.4, -0.2) is 33.6 Å². The molecular weight excluding hydrogens is 196 g/mol. The van der Waals surface area contributed by atoms with Crippen molar-refractivity contribution in [2.45, 2.75) is 26.4 Å². The molecule has 1 N–H and O–H groups in total. The van der Waals surface area contributed by atoms with Crippen LogP contribution in [0.2, 0.25) is 0 Å². The van der Waals surface area contributed by atoms with Gasteiger partial charge >= 0.3 is 5.97 Å². The number of ether oxygens (including phenoxy) is 1. The van der Waals surface area contributed by atoms with Crippen molar-refractivity contribution < 1.29 is 14.6 Å². The molecule has 5 heteroatoms. The predicted molar refractivity (Wildman–Crippen MR) is 54.5 cm³/mol. The van der Waals surface area contributed by atoms with Crippen molar-refractivity contribution in [3.05, 3.63) is 17.5 Å². The van der Waals surface area contributed by atoms with Gasteiger partial charge in [-0.15, -0.1) is 0 Å². The Kier molecular flexibility index (Phi) is 3.85. The van der Waals surface area contributed by atoms with E-state index in [1.54, 1.807) is 31.8 Å². The molecule has 1 unspecified atom stereocenters. The highest BCUT2D eigenvalue weighted by atomic mass is 16.5. The monoisotopic (exact) mass is 212 g/mol. The van der Waals surface area contributed by atoms with E-state index in [2.05, 4.69) is 5.10 Å². The van der Waals surface area contributed by atoms with Crippen LogP contribution in [0.1, 0.15) is 29.9 Å². The minimum absolute atomic E-state index is 0.292. The van der Waals surface area contributed by atoms with Gasteiger partial charge in [-0.2, -0.15) is 5.10 Å². The maximum absolute atomic E-state index is 11.5. The molecule has 1 aromatic heterocycles. The van der Waals surface area contributed by atoms with Crippen LogP contribution in [0.15, 0.2) is 6.20 Å². The largest absolute Gasteiger partial charge is 0.461 e. The summed E-state index contributed by atoms with van der Waals surface area (Å²) in [5, 5.41) is 13.3. The number of hydrogen-bond acceptors (Lipinski definition) is 4. The predicted octanol–water partition coefficient (Wildman–Crippen LogP) is 0.520. The smallest absolute Gasteiger partial charge is 0.359 e. The molecule has 1 aromatic rings. The number of nitrogens with zero attached hydrogens (tertiary/aromatic N) is 2. The summed E-state index contributed by atoms with van der Waals surface area (Å²) < 4.78 is 6.41. The third kappa shape index (κ3) is 3.06. The third-order valence-electron chi connectivity index (χ3n) is 1.89. The Bertz CT molecular complexity index is 344. The Morgan fingerprint density at radius 3 is 2.93 bits per heavy atom. The van der Waals surface area contributed by atoms with E-state index in [0.29, 0.717) is 24.3 Å². The van der Waals surface area contributed by atoms with Crippen molar-refractivity contribution in [3.8, 4) is 0 Å². The van der Waals surface area contributed by atoms with Gasteiger partial charge in [0.25, 0.3) is 0 Å². The Hall–Kier alpha value is -1.36. The van der Waals surface area contributed by atoms with E-state index in [-0.39, 0.29) is 0 Å². The topological polar surface area (TPSA) is 64.3 Å². The summed E-state index contributed by atoms with van der Waals surface area (Å²) in [5.74, 6) is -0.436. The van der Waals surface area contributed by atoms with Crippen LogP contribution in [-0.2, 0) is 18.2 Å². The molecule has 0 aromatic carbocycles. The first-order valence-corrected chi connectivity index (χ1v) is 4.92. The van der Waals surface area contributed by atoms with Crippen molar-refractivity contribution >= 4 is 5.97 Å². The number of aryl methyl sites for hydroxylation is 1. The second kappa shape index (κ2) is 4.93. The van der Waals surface area contributed by atoms with Gasteiger partial charge in [0, 0.05) is 25.2 Å². The maximum Gasteiger partial charge on any atom is 0.359 e. The highest BCUT2D eigenvalue weighted by molar-refractivity contribution is 5.88. The lowest BCUT2D eigenvalue weighted by atomic mass is 10.1. The summed E-state index contributed by atoms with van der Waals surface area (Å²) in [7, 11) is 1.73. The second-order valence-electron chi connectivity index (χ2n) is 3.45. The molecule has 0 spiro atoms. The summed E-state index contributed by atoms with van der Waals surface area (Å²) in [6.45, 7) is 3.74. The Balaban J connectivity index is 2.90. The zero-order valence-corrected chi connectivity index (χ0v) is 9.23. The molecule has 5 nitrogen and oxygen atoms in total. The van der Waals surface area contributed by atoms with Crippen LogP contribution in [0.5, 0.6) is 0 Å². The number of hydrogen-bond donors (Lipinski definition) is 1. The molecule has 0 amide bonds. The summed E-state index contributed by atoms with van der Waals surface area (Å²) >= 11 is 0. The standard InChI is InChI=1S/C10H16N2O3/c1-4-15-10(14)9-8(5-7(2)13)6-12(3)11-9/h6-7,13H,4-5H2,1-3H3. The highest BCUT2D eigenvalue weighted by Crippen LogP contribution is 2.10. The Morgan fingerprint density at radius 1 is 1.73 bits per heavy atom. The van der Waals surface area contributed by atoms with Gasteiger partial charge in [-0.1, -0.05) is 0 Å². The molecule has 1 heterocycles. The van der Waals surface area contributed by atoms with Crippen molar-refractivity contribution in [2.24, 2.45) is 7.05 Å². The fraction of sp³-hybridized carbons (Fsp3) is 0.600. The first-order valence-electron chi connectivity index (χ1n) is 4.92. The minimum atomic E-state index is -0.498. The lowest BCUT2D eigenvalue weighted by Gasteiger charge is -2.03. The Labute approximate surface area is 88.7 Å². The van der Waals surface area contributed by atoms with Crippen LogP contribution in [0.25, 0.3) is 0 Å². The average Bonchev–Trinajstić information content (AvgIpc) is 2.46. The van der Waals surface area contributed by atoms with E-state index in [0.717, 1.165) is 0 Å². The molecule has 0 fully saturated rings. The number of carbonyl (C=O) groups excluding carboxylic acids is 1. The molecule has 1 rings (SSSR count).